The molecule has 5 nitrogen and oxygen atoms in total. The molecule has 92 valence electrons. The maximum Gasteiger partial charge on any atom is 0.314 e. The number of thioether (sulfide) groups is 1. The number of carboxylic acid groups (broad SMARTS) is 1. The Balaban J connectivity index is 2.14. The van der Waals surface area contributed by atoms with Gasteiger partial charge in [0.1, 0.15) is 0 Å². The first-order valence-corrected chi connectivity index (χ1v) is 6.58. The summed E-state index contributed by atoms with van der Waals surface area (Å²) in [4.78, 5) is 21.4. The highest BCUT2D eigenvalue weighted by Crippen LogP contribution is 2.17. The average molecular weight is 246 g/mol. The van der Waals surface area contributed by atoms with Crippen molar-refractivity contribution in [3.05, 3.63) is 0 Å². The Morgan fingerprint density at radius 3 is 3.00 bits per heavy atom. The molecule has 0 spiro atoms. The third-order valence-corrected chi connectivity index (χ3v) is 3.71. The summed E-state index contributed by atoms with van der Waals surface area (Å²) < 4.78 is 0. The van der Waals surface area contributed by atoms with Crippen molar-refractivity contribution in [1.29, 1.82) is 0 Å². The van der Waals surface area contributed by atoms with Crippen LogP contribution in [0.4, 0.5) is 4.79 Å². The second kappa shape index (κ2) is 7.38. The molecule has 1 rings (SSSR count). The fourth-order valence-corrected chi connectivity index (χ4v) is 2.64. The summed E-state index contributed by atoms with van der Waals surface area (Å²) in [6, 6.07) is -0.101. The maximum atomic E-state index is 11.1. The minimum Gasteiger partial charge on any atom is -0.481 e. The van der Waals surface area contributed by atoms with E-state index in [2.05, 4.69) is 10.6 Å². The van der Waals surface area contributed by atoms with Gasteiger partial charge in [0, 0.05) is 30.5 Å². The standard InChI is InChI=1S/C10H18N2O3S/c13-9(14)4-2-1-3-8-7-12-10(15)11-5-6-16-8/h8H,1-7H2,(H,13,14)(H2,11,12,15). The van der Waals surface area contributed by atoms with E-state index in [4.69, 9.17) is 5.11 Å². The monoisotopic (exact) mass is 246 g/mol. The van der Waals surface area contributed by atoms with Gasteiger partial charge in [-0.2, -0.15) is 11.8 Å². The molecular weight excluding hydrogens is 228 g/mol. The molecule has 16 heavy (non-hydrogen) atoms. The smallest absolute Gasteiger partial charge is 0.314 e. The molecule has 0 aliphatic carbocycles. The quantitative estimate of drug-likeness (QED) is 0.633. The molecule has 1 aliphatic heterocycles. The van der Waals surface area contributed by atoms with E-state index in [1.54, 1.807) is 0 Å². The van der Waals surface area contributed by atoms with Gasteiger partial charge in [-0.05, 0) is 12.8 Å². The Morgan fingerprint density at radius 2 is 2.25 bits per heavy atom. The van der Waals surface area contributed by atoms with Crippen molar-refractivity contribution in [2.75, 3.05) is 18.8 Å². The van der Waals surface area contributed by atoms with Gasteiger partial charge in [-0.3, -0.25) is 4.79 Å². The summed E-state index contributed by atoms with van der Waals surface area (Å²) in [6.07, 6.45) is 2.84. The third kappa shape index (κ3) is 5.85. The van der Waals surface area contributed by atoms with Crippen LogP contribution in [0, 0.1) is 0 Å². The summed E-state index contributed by atoms with van der Waals surface area (Å²) >= 11 is 1.83. The van der Waals surface area contributed by atoms with Gasteiger partial charge in [0.15, 0.2) is 0 Å². The first-order chi connectivity index (χ1) is 7.68. The van der Waals surface area contributed by atoms with E-state index < -0.39 is 5.97 Å². The molecule has 3 N–H and O–H groups in total. The van der Waals surface area contributed by atoms with Crippen molar-refractivity contribution in [1.82, 2.24) is 10.6 Å². The molecule has 0 aromatic rings. The van der Waals surface area contributed by atoms with Crippen LogP contribution < -0.4 is 10.6 Å². The second-order valence-electron chi connectivity index (χ2n) is 3.77. The Morgan fingerprint density at radius 1 is 1.44 bits per heavy atom. The van der Waals surface area contributed by atoms with E-state index in [-0.39, 0.29) is 12.5 Å². The van der Waals surface area contributed by atoms with Crippen molar-refractivity contribution in [2.45, 2.75) is 30.9 Å². The van der Waals surface area contributed by atoms with Crippen LogP contribution in [0.3, 0.4) is 0 Å². The van der Waals surface area contributed by atoms with Crippen molar-refractivity contribution in [3.8, 4) is 0 Å². The number of amides is 2. The normalized spacial score (nSPS) is 21.5. The fourth-order valence-electron chi connectivity index (χ4n) is 1.55. The number of hydrogen-bond acceptors (Lipinski definition) is 3. The van der Waals surface area contributed by atoms with E-state index in [0.717, 1.165) is 25.0 Å². The Kier molecular flexibility index (Phi) is 6.07. The number of carbonyl (C=O) groups excluding carboxylic acids is 1. The molecule has 0 aromatic heterocycles. The number of unbranched alkanes of at least 4 members (excludes halogenated alkanes) is 1. The zero-order valence-electron chi connectivity index (χ0n) is 9.20. The van der Waals surface area contributed by atoms with E-state index in [9.17, 15) is 9.59 Å². The average Bonchev–Trinajstić information content (AvgIpc) is 2.21. The van der Waals surface area contributed by atoms with Crippen LogP contribution >= 0.6 is 11.8 Å². The molecule has 0 aromatic carbocycles. The Bertz CT molecular complexity index is 248. The van der Waals surface area contributed by atoms with Gasteiger partial charge in [0.25, 0.3) is 0 Å². The molecule has 6 heteroatoms. The second-order valence-corrected chi connectivity index (χ2v) is 5.18. The number of urea groups is 1. The molecule has 2 amide bonds. The van der Waals surface area contributed by atoms with Crippen LogP contribution in [-0.2, 0) is 4.79 Å². The van der Waals surface area contributed by atoms with Crippen molar-refractivity contribution in [3.63, 3.8) is 0 Å². The van der Waals surface area contributed by atoms with E-state index in [1.807, 2.05) is 11.8 Å². The summed E-state index contributed by atoms with van der Waals surface area (Å²) in [6.45, 7) is 1.37. The Labute approximate surface area is 99.4 Å². The Hall–Kier alpha value is -0.910. The maximum absolute atomic E-state index is 11.1. The molecule has 1 unspecified atom stereocenters. The summed E-state index contributed by atoms with van der Waals surface area (Å²) in [5.41, 5.74) is 0. The van der Waals surface area contributed by atoms with Crippen LogP contribution in [-0.4, -0.2) is 41.2 Å². The molecule has 1 heterocycles. The number of hydrogen-bond donors (Lipinski definition) is 3. The number of carboxylic acids is 1. The van der Waals surface area contributed by atoms with E-state index >= 15 is 0 Å². The van der Waals surface area contributed by atoms with Crippen LogP contribution in [0.25, 0.3) is 0 Å². The van der Waals surface area contributed by atoms with Crippen LogP contribution in [0.5, 0.6) is 0 Å². The summed E-state index contributed by atoms with van der Waals surface area (Å²) in [5.74, 6) is 0.194. The highest BCUT2D eigenvalue weighted by molar-refractivity contribution is 7.99. The lowest BCUT2D eigenvalue weighted by Crippen LogP contribution is -2.42. The minimum absolute atomic E-state index is 0.101. The zero-order chi connectivity index (χ0) is 11.8. The molecule has 1 fully saturated rings. The summed E-state index contributed by atoms with van der Waals surface area (Å²) in [7, 11) is 0. The lowest BCUT2D eigenvalue weighted by Gasteiger charge is -2.20. The highest BCUT2D eigenvalue weighted by atomic mass is 32.2. The predicted octanol–water partition coefficient (Wildman–Crippen LogP) is 1.05. The van der Waals surface area contributed by atoms with Gasteiger partial charge in [-0.1, -0.05) is 6.42 Å². The van der Waals surface area contributed by atoms with Crippen LogP contribution in [0.2, 0.25) is 0 Å². The lowest BCUT2D eigenvalue weighted by molar-refractivity contribution is -0.137. The van der Waals surface area contributed by atoms with Gasteiger partial charge in [-0.15, -0.1) is 0 Å². The molecule has 1 atom stereocenters. The first-order valence-electron chi connectivity index (χ1n) is 5.53. The van der Waals surface area contributed by atoms with Gasteiger partial charge >= 0.3 is 12.0 Å². The van der Waals surface area contributed by atoms with Crippen molar-refractivity contribution in [2.24, 2.45) is 0 Å². The largest absolute Gasteiger partial charge is 0.481 e. The number of aliphatic carboxylic acids is 1. The highest BCUT2D eigenvalue weighted by Gasteiger charge is 2.13. The minimum atomic E-state index is -0.733. The van der Waals surface area contributed by atoms with Crippen molar-refractivity contribution < 1.29 is 14.7 Å². The van der Waals surface area contributed by atoms with Gasteiger partial charge < -0.3 is 15.7 Å². The molecule has 0 bridgehead atoms. The zero-order valence-corrected chi connectivity index (χ0v) is 10.0. The third-order valence-electron chi connectivity index (χ3n) is 2.40. The van der Waals surface area contributed by atoms with Crippen LogP contribution in [0.15, 0.2) is 0 Å². The van der Waals surface area contributed by atoms with Gasteiger partial charge in [-0.25, -0.2) is 4.79 Å². The van der Waals surface area contributed by atoms with E-state index in [0.29, 0.717) is 18.3 Å². The number of nitrogens with one attached hydrogen (secondary N) is 2. The first kappa shape index (κ1) is 13.2. The van der Waals surface area contributed by atoms with Crippen molar-refractivity contribution >= 4 is 23.8 Å². The molecule has 1 aliphatic rings. The van der Waals surface area contributed by atoms with Gasteiger partial charge in [0.05, 0.1) is 0 Å². The van der Waals surface area contributed by atoms with E-state index in [1.165, 1.54) is 0 Å². The fraction of sp³-hybridized carbons (Fsp3) is 0.800. The summed E-state index contributed by atoms with van der Waals surface area (Å²) in [5, 5.41) is 14.4. The number of carbonyl (C=O) groups is 2. The SMILES string of the molecule is O=C(O)CCCCC1CNC(=O)NCCS1. The van der Waals surface area contributed by atoms with Crippen LogP contribution in [0.1, 0.15) is 25.7 Å². The predicted molar refractivity (Wildman–Crippen MR) is 63.8 cm³/mol. The molecule has 0 saturated carbocycles. The number of rotatable bonds is 5. The topological polar surface area (TPSA) is 78.4 Å². The molecule has 0 radical (unpaired) electrons. The lowest BCUT2D eigenvalue weighted by atomic mass is 10.1. The molecular formula is C10H18N2O3S. The van der Waals surface area contributed by atoms with Gasteiger partial charge in [0.2, 0.25) is 0 Å². The molecule has 1 saturated heterocycles.